The smallest absolute Gasteiger partial charge is 0.315 e. The predicted octanol–water partition coefficient (Wildman–Crippen LogP) is 2.87. The van der Waals surface area contributed by atoms with E-state index in [2.05, 4.69) is 36.5 Å². The second-order valence-corrected chi connectivity index (χ2v) is 5.92. The summed E-state index contributed by atoms with van der Waals surface area (Å²) in [5, 5.41) is 7.51. The fourth-order valence-corrected chi connectivity index (χ4v) is 2.74. The summed E-state index contributed by atoms with van der Waals surface area (Å²) in [7, 11) is 1.55. The van der Waals surface area contributed by atoms with Gasteiger partial charge in [-0.3, -0.25) is 0 Å². The number of carbonyl (C=O) groups excluding carboxylic acids is 1. The second-order valence-electron chi connectivity index (χ2n) is 4.28. The molecule has 0 aliphatic carbocycles. The van der Waals surface area contributed by atoms with Crippen LogP contribution in [0.5, 0.6) is 5.88 Å². The van der Waals surface area contributed by atoms with Crippen molar-refractivity contribution < 1.29 is 9.53 Å². The highest BCUT2D eigenvalue weighted by molar-refractivity contribution is 9.10. The fraction of sp³-hybridized carbons (Fsp3) is 0.308. The van der Waals surface area contributed by atoms with Crippen molar-refractivity contribution in [1.29, 1.82) is 0 Å². The lowest BCUT2D eigenvalue weighted by Crippen LogP contribution is -2.36. The quantitative estimate of drug-likeness (QED) is 0.848. The number of hydrogen-bond donors (Lipinski definition) is 2. The van der Waals surface area contributed by atoms with Crippen LogP contribution >= 0.6 is 27.3 Å². The first-order valence-electron chi connectivity index (χ1n) is 6.21. The first-order chi connectivity index (χ1) is 10.1. The van der Waals surface area contributed by atoms with Crippen molar-refractivity contribution in [1.82, 2.24) is 20.6 Å². The van der Waals surface area contributed by atoms with Crippen LogP contribution in [0.1, 0.15) is 24.2 Å². The topological polar surface area (TPSA) is 76.1 Å². The first kappa shape index (κ1) is 15.7. The van der Waals surface area contributed by atoms with Gasteiger partial charge in [0.1, 0.15) is 0 Å². The van der Waals surface area contributed by atoms with Crippen LogP contribution in [0.2, 0.25) is 0 Å². The Hall–Kier alpha value is -1.67. The number of hydrogen-bond acceptors (Lipinski definition) is 5. The molecule has 0 bridgehead atoms. The molecule has 0 saturated heterocycles. The Kier molecular flexibility index (Phi) is 5.51. The first-order valence-corrected chi connectivity index (χ1v) is 7.94. The molecule has 2 amide bonds. The number of pyridine rings is 1. The lowest BCUT2D eigenvalue weighted by atomic mass is 10.2. The third kappa shape index (κ3) is 4.40. The predicted molar refractivity (Wildman–Crippen MR) is 84.4 cm³/mol. The van der Waals surface area contributed by atoms with E-state index in [4.69, 9.17) is 4.74 Å². The molecule has 0 saturated carbocycles. The van der Waals surface area contributed by atoms with Crippen molar-refractivity contribution in [3.63, 3.8) is 0 Å². The molecule has 2 aromatic heterocycles. The van der Waals surface area contributed by atoms with Crippen LogP contribution in [0, 0.1) is 0 Å². The van der Waals surface area contributed by atoms with Gasteiger partial charge >= 0.3 is 6.03 Å². The molecule has 0 radical (unpaired) electrons. The average molecular weight is 371 g/mol. The summed E-state index contributed by atoms with van der Waals surface area (Å²) in [6.45, 7) is 2.21. The van der Waals surface area contributed by atoms with E-state index in [9.17, 15) is 4.79 Å². The standard InChI is InChI=1S/C13H15BrN4O2S/c1-8(11-6-21-7-17-11)18-13(19)16-4-9-3-10(14)5-15-12(9)20-2/h3,5-8H,4H2,1-2H3,(H2,16,18,19). The molecule has 112 valence electrons. The van der Waals surface area contributed by atoms with Gasteiger partial charge in [0, 0.05) is 28.2 Å². The SMILES string of the molecule is COc1ncc(Br)cc1CNC(=O)NC(C)c1cscn1. The second kappa shape index (κ2) is 7.37. The van der Waals surface area contributed by atoms with Crippen LogP contribution in [0.4, 0.5) is 4.79 Å². The summed E-state index contributed by atoms with van der Waals surface area (Å²) >= 11 is 4.84. The number of nitrogens with one attached hydrogen (secondary N) is 2. The van der Waals surface area contributed by atoms with Crippen LogP contribution in [-0.2, 0) is 6.54 Å². The maximum absolute atomic E-state index is 11.9. The maximum Gasteiger partial charge on any atom is 0.315 e. The van der Waals surface area contributed by atoms with E-state index < -0.39 is 0 Å². The number of ether oxygens (including phenoxy) is 1. The molecule has 0 aliphatic rings. The third-order valence-electron chi connectivity index (χ3n) is 2.77. The van der Waals surface area contributed by atoms with Gasteiger partial charge in [-0.2, -0.15) is 0 Å². The Labute approximate surface area is 135 Å². The molecule has 0 aromatic carbocycles. The summed E-state index contributed by atoms with van der Waals surface area (Å²) in [5.74, 6) is 0.492. The Balaban J connectivity index is 1.91. The van der Waals surface area contributed by atoms with E-state index in [1.165, 1.54) is 11.3 Å². The maximum atomic E-state index is 11.9. The number of halogens is 1. The molecule has 0 spiro atoms. The minimum atomic E-state index is -0.266. The molecule has 8 heteroatoms. The molecule has 0 aliphatic heterocycles. The van der Waals surface area contributed by atoms with Crippen molar-refractivity contribution >= 4 is 33.3 Å². The van der Waals surface area contributed by atoms with Crippen LogP contribution in [-0.4, -0.2) is 23.1 Å². The average Bonchev–Trinajstić information content (AvgIpc) is 2.99. The van der Waals surface area contributed by atoms with Crippen LogP contribution in [0.25, 0.3) is 0 Å². The van der Waals surface area contributed by atoms with E-state index in [0.29, 0.717) is 12.4 Å². The molecule has 1 atom stereocenters. The summed E-state index contributed by atoms with van der Waals surface area (Å²) < 4.78 is 5.99. The molecule has 6 nitrogen and oxygen atoms in total. The third-order valence-corrected chi connectivity index (χ3v) is 3.81. The molecule has 0 fully saturated rings. The minimum absolute atomic E-state index is 0.140. The number of amides is 2. The number of rotatable bonds is 5. The van der Waals surface area contributed by atoms with Crippen molar-refractivity contribution in [2.24, 2.45) is 0 Å². The number of thiazole rings is 1. The Morgan fingerprint density at radius 1 is 1.52 bits per heavy atom. The van der Waals surface area contributed by atoms with Crippen LogP contribution in [0.15, 0.2) is 27.6 Å². The highest BCUT2D eigenvalue weighted by Gasteiger charge is 2.12. The van der Waals surface area contributed by atoms with E-state index in [-0.39, 0.29) is 12.1 Å². The van der Waals surface area contributed by atoms with E-state index >= 15 is 0 Å². The molecule has 21 heavy (non-hydrogen) atoms. The van der Waals surface area contributed by atoms with Crippen molar-refractivity contribution in [3.8, 4) is 5.88 Å². The molecular weight excluding hydrogens is 356 g/mol. The van der Waals surface area contributed by atoms with Gasteiger partial charge in [-0.1, -0.05) is 0 Å². The van der Waals surface area contributed by atoms with E-state index in [1.807, 2.05) is 18.4 Å². The zero-order chi connectivity index (χ0) is 15.2. The molecule has 2 aromatic rings. The number of carbonyl (C=O) groups is 1. The lowest BCUT2D eigenvalue weighted by Gasteiger charge is -2.13. The van der Waals surface area contributed by atoms with Gasteiger partial charge in [0.2, 0.25) is 5.88 Å². The van der Waals surface area contributed by atoms with Crippen molar-refractivity contribution in [3.05, 3.63) is 38.9 Å². The Bertz CT molecular complexity index is 606. The van der Waals surface area contributed by atoms with Gasteiger partial charge in [-0.05, 0) is 28.9 Å². The number of aromatic nitrogens is 2. The highest BCUT2D eigenvalue weighted by atomic mass is 79.9. The number of nitrogens with zero attached hydrogens (tertiary/aromatic N) is 2. The molecule has 2 N–H and O–H groups in total. The summed E-state index contributed by atoms with van der Waals surface area (Å²) in [5.41, 5.74) is 3.38. The molecule has 2 heterocycles. The van der Waals surface area contributed by atoms with Crippen molar-refractivity contribution in [2.75, 3.05) is 7.11 Å². The van der Waals surface area contributed by atoms with Gasteiger partial charge in [0.05, 0.1) is 24.4 Å². The lowest BCUT2D eigenvalue weighted by molar-refractivity contribution is 0.237. The van der Waals surface area contributed by atoms with E-state index in [0.717, 1.165) is 15.7 Å². The van der Waals surface area contributed by atoms with Gasteiger partial charge < -0.3 is 15.4 Å². The summed E-state index contributed by atoms with van der Waals surface area (Å²) in [4.78, 5) is 20.2. The molecular formula is C13H15BrN4O2S. The summed E-state index contributed by atoms with van der Waals surface area (Å²) in [6, 6.07) is 1.45. The zero-order valence-corrected chi connectivity index (χ0v) is 14.0. The fourth-order valence-electron chi connectivity index (χ4n) is 1.71. The Morgan fingerprint density at radius 2 is 2.33 bits per heavy atom. The largest absolute Gasteiger partial charge is 0.481 e. The van der Waals surface area contributed by atoms with Gasteiger partial charge in [-0.15, -0.1) is 11.3 Å². The number of urea groups is 1. The summed E-state index contributed by atoms with van der Waals surface area (Å²) in [6.07, 6.45) is 1.65. The zero-order valence-electron chi connectivity index (χ0n) is 11.6. The number of methoxy groups -OCH3 is 1. The monoisotopic (exact) mass is 370 g/mol. The minimum Gasteiger partial charge on any atom is -0.481 e. The Morgan fingerprint density at radius 3 is 3.00 bits per heavy atom. The molecule has 1 unspecified atom stereocenters. The molecule has 2 rings (SSSR count). The van der Waals surface area contributed by atoms with Crippen LogP contribution < -0.4 is 15.4 Å². The van der Waals surface area contributed by atoms with Gasteiger partial charge in [0.25, 0.3) is 0 Å². The normalized spacial score (nSPS) is 11.8. The van der Waals surface area contributed by atoms with Crippen LogP contribution in [0.3, 0.4) is 0 Å². The van der Waals surface area contributed by atoms with Gasteiger partial charge in [-0.25, -0.2) is 14.8 Å². The van der Waals surface area contributed by atoms with Gasteiger partial charge in [0.15, 0.2) is 0 Å². The van der Waals surface area contributed by atoms with E-state index in [1.54, 1.807) is 18.8 Å². The van der Waals surface area contributed by atoms with Crippen molar-refractivity contribution in [2.45, 2.75) is 19.5 Å². The highest BCUT2D eigenvalue weighted by Crippen LogP contribution is 2.19.